The van der Waals surface area contributed by atoms with Gasteiger partial charge in [-0.2, -0.15) is 0 Å². The molecule has 0 aliphatic heterocycles. The van der Waals surface area contributed by atoms with Crippen LogP contribution in [0, 0.1) is 0 Å². The predicted octanol–water partition coefficient (Wildman–Crippen LogP) is 2.86. The fourth-order valence-corrected chi connectivity index (χ4v) is 1.99. The average Bonchev–Trinajstić information content (AvgIpc) is 2.48. The molecule has 2 aromatic rings. The summed E-state index contributed by atoms with van der Waals surface area (Å²) in [5, 5.41) is 0. The summed E-state index contributed by atoms with van der Waals surface area (Å²) in [6.45, 7) is 2.35. The van der Waals surface area contributed by atoms with Crippen LogP contribution >= 0.6 is 0 Å². The fraction of sp³-hybridized carbons (Fsp3) is 0.188. The highest BCUT2D eigenvalue weighted by molar-refractivity contribution is 5.97. The van der Waals surface area contributed by atoms with E-state index in [4.69, 9.17) is 15.2 Å². The molecule has 0 atom stereocenters. The van der Waals surface area contributed by atoms with Gasteiger partial charge in [-0.05, 0) is 42.3 Å². The Morgan fingerprint density at radius 3 is 2.55 bits per heavy atom. The zero-order valence-electron chi connectivity index (χ0n) is 11.6. The van der Waals surface area contributed by atoms with Crippen LogP contribution in [0.4, 0.5) is 0 Å². The molecule has 0 bridgehead atoms. The summed E-state index contributed by atoms with van der Waals surface area (Å²) >= 11 is 0. The van der Waals surface area contributed by atoms with E-state index in [1.54, 1.807) is 19.2 Å². The lowest BCUT2D eigenvalue weighted by molar-refractivity contribution is 0.0996. The number of primary amides is 1. The molecule has 104 valence electrons. The fourth-order valence-electron chi connectivity index (χ4n) is 1.99. The second kappa shape index (κ2) is 6.10. The Morgan fingerprint density at radius 2 is 1.90 bits per heavy atom. The van der Waals surface area contributed by atoms with Crippen molar-refractivity contribution < 1.29 is 14.3 Å². The second-order valence-electron chi connectivity index (χ2n) is 4.24. The molecule has 0 saturated carbocycles. The first kappa shape index (κ1) is 13.9. The molecule has 4 heteroatoms. The maximum Gasteiger partial charge on any atom is 0.252 e. The first-order chi connectivity index (χ1) is 9.65. The first-order valence-corrected chi connectivity index (χ1v) is 6.36. The van der Waals surface area contributed by atoms with Crippen molar-refractivity contribution in [1.82, 2.24) is 0 Å². The summed E-state index contributed by atoms with van der Waals surface area (Å²) < 4.78 is 10.6. The third-order valence-corrected chi connectivity index (χ3v) is 2.95. The number of rotatable bonds is 5. The zero-order chi connectivity index (χ0) is 14.5. The number of benzene rings is 2. The number of hydrogen-bond acceptors (Lipinski definition) is 3. The van der Waals surface area contributed by atoms with Gasteiger partial charge in [0.05, 0.1) is 19.3 Å². The summed E-state index contributed by atoms with van der Waals surface area (Å²) in [5.74, 6) is 0.766. The summed E-state index contributed by atoms with van der Waals surface area (Å²) in [7, 11) is 1.62. The molecular weight excluding hydrogens is 254 g/mol. The molecule has 1 amide bonds. The minimum absolute atomic E-state index is 0.382. The molecule has 0 fully saturated rings. The van der Waals surface area contributed by atoms with Gasteiger partial charge in [-0.25, -0.2) is 0 Å². The van der Waals surface area contributed by atoms with Gasteiger partial charge >= 0.3 is 0 Å². The van der Waals surface area contributed by atoms with E-state index < -0.39 is 5.91 Å². The highest BCUT2D eigenvalue weighted by atomic mass is 16.5. The molecule has 0 radical (unpaired) electrons. The number of carbonyl (C=O) groups excluding carboxylic acids is 1. The minimum atomic E-state index is -0.502. The Kier molecular flexibility index (Phi) is 4.25. The SMILES string of the molecule is CCOc1ccc(-c2cccc(OC)c2)cc1C(N)=O. The maximum atomic E-state index is 11.5. The standard InChI is InChI=1S/C16H17NO3/c1-3-20-15-8-7-12(10-14(15)16(17)18)11-5-4-6-13(9-11)19-2/h4-10H,3H2,1-2H3,(H2,17,18). The van der Waals surface area contributed by atoms with Crippen molar-refractivity contribution in [3.05, 3.63) is 48.0 Å². The van der Waals surface area contributed by atoms with Crippen molar-refractivity contribution in [3.63, 3.8) is 0 Å². The van der Waals surface area contributed by atoms with Gasteiger partial charge < -0.3 is 15.2 Å². The Balaban J connectivity index is 2.47. The van der Waals surface area contributed by atoms with E-state index in [-0.39, 0.29) is 0 Å². The molecule has 0 aromatic heterocycles. The van der Waals surface area contributed by atoms with E-state index in [9.17, 15) is 4.79 Å². The molecule has 0 unspecified atom stereocenters. The third-order valence-electron chi connectivity index (χ3n) is 2.95. The summed E-state index contributed by atoms with van der Waals surface area (Å²) in [4.78, 5) is 11.5. The van der Waals surface area contributed by atoms with Crippen molar-refractivity contribution in [3.8, 4) is 22.6 Å². The van der Waals surface area contributed by atoms with Gasteiger partial charge in [0.1, 0.15) is 11.5 Å². The van der Waals surface area contributed by atoms with Crippen molar-refractivity contribution in [2.75, 3.05) is 13.7 Å². The lowest BCUT2D eigenvalue weighted by Crippen LogP contribution is -2.13. The van der Waals surface area contributed by atoms with Gasteiger partial charge in [0.15, 0.2) is 0 Å². The molecule has 0 spiro atoms. The monoisotopic (exact) mass is 271 g/mol. The largest absolute Gasteiger partial charge is 0.497 e. The number of hydrogen-bond donors (Lipinski definition) is 1. The van der Waals surface area contributed by atoms with Crippen molar-refractivity contribution in [2.45, 2.75) is 6.92 Å². The summed E-state index contributed by atoms with van der Waals surface area (Å²) in [6, 6.07) is 13.0. The van der Waals surface area contributed by atoms with E-state index >= 15 is 0 Å². The lowest BCUT2D eigenvalue weighted by atomic mass is 10.0. The quantitative estimate of drug-likeness (QED) is 0.909. The van der Waals surface area contributed by atoms with Crippen LogP contribution in [-0.2, 0) is 0 Å². The van der Waals surface area contributed by atoms with Crippen LogP contribution in [0.3, 0.4) is 0 Å². The Hall–Kier alpha value is -2.49. The Bertz CT molecular complexity index is 623. The molecule has 0 heterocycles. The second-order valence-corrected chi connectivity index (χ2v) is 4.24. The zero-order valence-corrected chi connectivity index (χ0v) is 11.6. The normalized spacial score (nSPS) is 10.1. The van der Waals surface area contributed by atoms with Crippen LogP contribution in [-0.4, -0.2) is 19.6 Å². The van der Waals surface area contributed by atoms with Crippen molar-refractivity contribution >= 4 is 5.91 Å². The van der Waals surface area contributed by atoms with Gasteiger partial charge in [0.25, 0.3) is 5.91 Å². The molecule has 0 aliphatic rings. The topological polar surface area (TPSA) is 61.6 Å². The highest BCUT2D eigenvalue weighted by Gasteiger charge is 2.11. The number of methoxy groups -OCH3 is 1. The number of amides is 1. The molecule has 2 aromatic carbocycles. The summed E-state index contributed by atoms with van der Waals surface area (Å²) in [6.07, 6.45) is 0. The Morgan fingerprint density at radius 1 is 1.15 bits per heavy atom. The number of carbonyl (C=O) groups is 1. The third kappa shape index (κ3) is 2.91. The van der Waals surface area contributed by atoms with E-state index in [1.807, 2.05) is 37.3 Å². The molecule has 0 saturated heterocycles. The van der Waals surface area contributed by atoms with E-state index in [0.29, 0.717) is 17.9 Å². The molecule has 0 aliphatic carbocycles. The first-order valence-electron chi connectivity index (χ1n) is 6.36. The highest BCUT2D eigenvalue weighted by Crippen LogP contribution is 2.28. The van der Waals surface area contributed by atoms with Gasteiger partial charge in [-0.15, -0.1) is 0 Å². The maximum absolute atomic E-state index is 11.5. The van der Waals surface area contributed by atoms with Gasteiger partial charge in [0, 0.05) is 0 Å². The van der Waals surface area contributed by atoms with Crippen LogP contribution in [0.25, 0.3) is 11.1 Å². The smallest absolute Gasteiger partial charge is 0.252 e. The van der Waals surface area contributed by atoms with E-state index in [1.165, 1.54) is 0 Å². The van der Waals surface area contributed by atoms with Crippen LogP contribution in [0.1, 0.15) is 17.3 Å². The predicted molar refractivity (Wildman–Crippen MR) is 78.1 cm³/mol. The average molecular weight is 271 g/mol. The summed E-state index contributed by atoms with van der Waals surface area (Å²) in [5.41, 5.74) is 7.63. The molecule has 2 N–H and O–H groups in total. The molecule has 4 nitrogen and oxygen atoms in total. The van der Waals surface area contributed by atoms with Gasteiger partial charge in [-0.1, -0.05) is 18.2 Å². The van der Waals surface area contributed by atoms with Crippen LogP contribution in [0.15, 0.2) is 42.5 Å². The van der Waals surface area contributed by atoms with Crippen LogP contribution in [0.2, 0.25) is 0 Å². The lowest BCUT2D eigenvalue weighted by Gasteiger charge is -2.10. The minimum Gasteiger partial charge on any atom is -0.497 e. The number of nitrogens with two attached hydrogens (primary N) is 1. The van der Waals surface area contributed by atoms with Crippen LogP contribution < -0.4 is 15.2 Å². The molecule has 20 heavy (non-hydrogen) atoms. The van der Waals surface area contributed by atoms with Crippen LogP contribution in [0.5, 0.6) is 11.5 Å². The Labute approximate surface area is 118 Å². The van der Waals surface area contributed by atoms with E-state index in [0.717, 1.165) is 16.9 Å². The molecule has 2 rings (SSSR count). The number of ether oxygens (including phenoxy) is 2. The van der Waals surface area contributed by atoms with Gasteiger partial charge in [-0.3, -0.25) is 4.79 Å². The van der Waals surface area contributed by atoms with Gasteiger partial charge in [0.2, 0.25) is 0 Å². The van der Waals surface area contributed by atoms with Crippen molar-refractivity contribution in [2.24, 2.45) is 5.73 Å². The van der Waals surface area contributed by atoms with Crippen molar-refractivity contribution in [1.29, 1.82) is 0 Å². The molecular formula is C16H17NO3. The van der Waals surface area contributed by atoms with E-state index in [2.05, 4.69) is 0 Å².